The largest absolute Gasteiger partial charge is 0.381 e. The van der Waals surface area contributed by atoms with Gasteiger partial charge in [-0.3, -0.25) is 0 Å². The summed E-state index contributed by atoms with van der Waals surface area (Å²) >= 11 is 3.25. The van der Waals surface area contributed by atoms with Gasteiger partial charge in [-0.05, 0) is 40.8 Å². The molecular weight excluding hydrogens is 295 g/mol. The zero-order chi connectivity index (χ0) is 12.5. The zero-order valence-corrected chi connectivity index (χ0v) is 11.9. The molecular formula is C14H18BrFN2. The maximum Gasteiger partial charge on any atom is 0.139 e. The third-order valence-electron chi connectivity index (χ3n) is 4.13. The van der Waals surface area contributed by atoms with Gasteiger partial charge in [-0.1, -0.05) is 19.3 Å². The summed E-state index contributed by atoms with van der Waals surface area (Å²) in [5.74, 6) is 0.544. The summed E-state index contributed by atoms with van der Waals surface area (Å²) in [5.41, 5.74) is 1.90. The van der Waals surface area contributed by atoms with E-state index in [0.29, 0.717) is 10.5 Å². The lowest BCUT2D eigenvalue weighted by Crippen LogP contribution is -2.40. The highest BCUT2D eigenvalue weighted by Crippen LogP contribution is 2.35. The minimum absolute atomic E-state index is 0.209. The summed E-state index contributed by atoms with van der Waals surface area (Å²) in [6, 6.07) is 3.88. The maximum atomic E-state index is 13.4. The molecule has 1 atom stereocenters. The van der Waals surface area contributed by atoms with Crippen LogP contribution in [0, 0.1) is 11.7 Å². The van der Waals surface area contributed by atoms with Crippen LogP contribution in [0.1, 0.15) is 32.1 Å². The molecule has 3 rings (SSSR count). The van der Waals surface area contributed by atoms with Gasteiger partial charge in [0.25, 0.3) is 0 Å². The van der Waals surface area contributed by atoms with E-state index in [1.54, 1.807) is 6.07 Å². The zero-order valence-electron chi connectivity index (χ0n) is 10.3. The van der Waals surface area contributed by atoms with E-state index in [0.717, 1.165) is 23.8 Å². The third kappa shape index (κ3) is 2.35. The number of nitrogens with one attached hydrogen (secondary N) is 2. The molecule has 2 nitrogen and oxygen atoms in total. The van der Waals surface area contributed by atoms with Crippen molar-refractivity contribution in [3.05, 3.63) is 22.4 Å². The first-order valence-electron chi connectivity index (χ1n) is 6.73. The summed E-state index contributed by atoms with van der Waals surface area (Å²) in [5, 5.41) is 6.93. The molecule has 98 valence electrons. The molecule has 1 aromatic carbocycles. The smallest absolute Gasteiger partial charge is 0.139 e. The van der Waals surface area contributed by atoms with E-state index >= 15 is 0 Å². The number of hydrogen-bond donors (Lipinski definition) is 2. The summed E-state index contributed by atoms with van der Waals surface area (Å²) < 4.78 is 14.0. The first-order chi connectivity index (χ1) is 8.74. The molecule has 0 aromatic heterocycles. The highest BCUT2D eigenvalue weighted by Gasteiger charge is 2.27. The van der Waals surface area contributed by atoms with Gasteiger partial charge >= 0.3 is 0 Å². The second-order valence-corrected chi connectivity index (χ2v) is 6.20. The first kappa shape index (κ1) is 12.3. The minimum Gasteiger partial charge on any atom is -0.381 e. The van der Waals surface area contributed by atoms with Crippen molar-refractivity contribution in [2.24, 2.45) is 5.92 Å². The number of hydrogen-bond acceptors (Lipinski definition) is 2. The van der Waals surface area contributed by atoms with Crippen molar-refractivity contribution in [2.75, 3.05) is 17.2 Å². The van der Waals surface area contributed by atoms with Crippen LogP contribution in [-0.2, 0) is 0 Å². The molecule has 0 spiro atoms. The standard InChI is InChI=1S/C14H18BrFN2/c15-10-6-13-12(7-11(10)16)17-8-14(18-13)9-4-2-1-3-5-9/h6-7,9,14,17-18H,1-5,8H2. The SMILES string of the molecule is Fc1cc2c(cc1Br)NC(C1CCCCC1)CN2. The predicted molar refractivity (Wildman–Crippen MR) is 76.6 cm³/mol. The number of fused-ring (bicyclic) bond motifs is 1. The molecule has 1 heterocycles. The van der Waals surface area contributed by atoms with Gasteiger partial charge in [0.15, 0.2) is 0 Å². The minimum atomic E-state index is -0.209. The van der Waals surface area contributed by atoms with Gasteiger partial charge < -0.3 is 10.6 Å². The average Bonchev–Trinajstić information content (AvgIpc) is 2.41. The molecule has 1 unspecified atom stereocenters. The van der Waals surface area contributed by atoms with Crippen LogP contribution in [0.15, 0.2) is 16.6 Å². The highest BCUT2D eigenvalue weighted by molar-refractivity contribution is 9.10. The first-order valence-corrected chi connectivity index (χ1v) is 7.53. The summed E-state index contributed by atoms with van der Waals surface area (Å²) in [7, 11) is 0. The van der Waals surface area contributed by atoms with Crippen LogP contribution in [0.3, 0.4) is 0 Å². The second-order valence-electron chi connectivity index (χ2n) is 5.34. The molecule has 4 heteroatoms. The van der Waals surface area contributed by atoms with Crippen molar-refractivity contribution >= 4 is 27.3 Å². The highest BCUT2D eigenvalue weighted by atomic mass is 79.9. The Morgan fingerprint density at radius 1 is 1.11 bits per heavy atom. The molecule has 18 heavy (non-hydrogen) atoms. The lowest BCUT2D eigenvalue weighted by Gasteiger charge is -2.36. The van der Waals surface area contributed by atoms with Crippen molar-refractivity contribution in [2.45, 2.75) is 38.1 Å². The van der Waals surface area contributed by atoms with Crippen molar-refractivity contribution < 1.29 is 4.39 Å². The Balaban J connectivity index is 1.77. The van der Waals surface area contributed by atoms with E-state index in [4.69, 9.17) is 0 Å². The average molecular weight is 313 g/mol. The van der Waals surface area contributed by atoms with Crippen LogP contribution in [0.2, 0.25) is 0 Å². The Labute approximate surface area is 115 Å². The lowest BCUT2D eigenvalue weighted by molar-refractivity contribution is 0.322. The van der Waals surface area contributed by atoms with Gasteiger partial charge in [0.1, 0.15) is 5.82 Å². The fourth-order valence-corrected chi connectivity index (χ4v) is 3.45. The molecule has 0 amide bonds. The van der Waals surface area contributed by atoms with E-state index in [9.17, 15) is 4.39 Å². The number of anilines is 2. The fourth-order valence-electron chi connectivity index (χ4n) is 3.10. The second kappa shape index (κ2) is 5.08. The maximum absolute atomic E-state index is 13.4. The van der Waals surface area contributed by atoms with Gasteiger partial charge in [0.2, 0.25) is 0 Å². The van der Waals surface area contributed by atoms with E-state index in [1.807, 2.05) is 6.07 Å². The number of halogens is 2. The Morgan fingerprint density at radius 3 is 2.67 bits per heavy atom. The van der Waals surface area contributed by atoms with Crippen molar-refractivity contribution in [3.8, 4) is 0 Å². The van der Waals surface area contributed by atoms with Crippen molar-refractivity contribution in [1.29, 1.82) is 0 Å². The van der Waals surface area contributed by atoms with Gasteiger partial charge in [0, 0.05) is 18.7 Å². The van der Waals surface area contributed by atoms with Crippen LogP contribution in [0.5, 0.6) is 0 Å². The van der Waals surface area contributed by atoms with E-state index in [2.05, 4.69) is 26.6 Å². The monoisotopic (exact) mass is 312 g/mol. The van der Waals surface area contributed by atoms with Crippen molar-refractivity contribution in [3.63, 3.8) is 0 Å². The summed E-state index contributed by atoms with van der Waals surface area (Å²) in [6.45, 7) is 0.902. The van der Waals surface area contributed by atoms with Crippen LogP contribution in [0.25, 0.3) is 0 Å². The van der Waals surface area contributed by atoms with Crippen LogP contribution < -0.4 is 10.6 Å². The molecule has 0 radical (unpaired) electrons. The Morgan fingerprint density at radius 2 is 1.89 bits per heavy atom. The molecule has 2 aliphatic rings. The molecule has 0 bridgehead atoms. The molecule has 1 fully saturated rings. The molecule has 1 aliphatic carbocycles. The van der Waals surface area contributed by atoms with Crippen LogP contribution in [0.4, 0.5) is 15.8 Å². The van der Waals surface area contributed by atoms with Gasteiger partial charge in [-0.25, -0.2) is 4.39 Å². The Kier molecular flexibility index (Phi) is 3.46. The number of rotatable bonds is 1. The fraction of sp³-hybridized carbons (Fsp3) is 0.571. The topological polar surface area (TPSA) is 24.1 Å². The molecule has 1 aliphatic heterocycles. The predicted octanol–water partition coefficient (Wildman–Crippen LogP) is 4.37. The molecule has 1 aromatic rings. The summed E-state index contributed by atoms with van der Waals surface area (Å²) in [6.07, 6.45) is 6.71. The lowest BCUT2D eigenvalue weighted by atomic mass is 9.83. The molecule has 0 saturated heterocycles. The molecule has 1 saturated carbocycles. The summed E-state index contributed by atoms with van der Waals surface area (Å²) in [4.78, 5) is 0. The Hall–Kier alpha value is -0.770. The molecule has 2 N–H and O–H groups in total. The quantitative estimate of drug-likeness (QED) is 0.804. The van der Waals surface area contributed by atoms with Crippen LogP contribution >= 0.6 is 15.9 Å². The van der Waals surface area contributed by atoms with E-state index in [-0.39, 0.29) is 5.82 Å². The van der Waals surface area contributed by atoms with Gasteiger partial charge in [0.05, 0.1) is 15.8 Å². The van der Waals surface area contributed by atoms with Crippen molar-refractivity contribution in [1.82, 2.24) is 0 Å². The van der Waals surface area contributed by atoms with E-state index in [1.165, 1.54) is 32.1 Å². The third-order valence-corrected chi connectivity index (χ3v) is 4.74. The Bertz CT molecular complexity index is 444. The van der Waals surface area contributed by atoms with Gasteiger partial charge in [-0.2, -0.15) is 0 Å². The number of benzene rings is 1. The van der Waals surface area contributed by atoms with Gasteiger partial charge in [-0.15, -0.1) is 0 Å². The van der Waals surface area contributed by atoms with Crippen LogP contribution in [-0.4, -0.2) is 12.6 Å². The van der Waals surface area contributed by atoms with E-state index < -0.39 is 0 Å². The normalized spacial score (nSPS) is 24.0.